The van der Waals surface area contributed by atoms with Crippen molar-refractivity contribution >= 4 is 28.2 Å². The van der Waals surface area contributed by atoms with Gasteiger partial charge in [0.15, 0.2) is 11.8 Å². The highest BCUT2D eigenvalue weighted by Crippen LogP contribution is 2.54. The topological polar surface area (TPSA) is 74.7 Å². The zero-order valence-electron chi connectivity index (χ0n) is 20.8. The van der Waals surface area contributed by atoms with Crippen LogP contribution in [-0.2, 0) is 9.53 Å². The number of fused-ring (bicyclic) bond motifs is 3. The molecule has 36 heavy (non-hydrogen) atoms. The molecule has 0 fully saturated rings. The Balaban J connectivity index is 1.82. The molecular formula is C30H31N3O3. The highest BCUT2D eigenvalue weighted by atomic mass is 16.5. The van der Waals surface area contributed by atoms with Crippen molar-refractivity contribution in [3.8, 4) is 0 Å². The summed E-state index contributed by atoms with van der Waals surface area (Å²) in [5, 5.41) is 16.8. The highest BCUT2D eigenvalue weighted by molar-refractivity contribution is 6.01. The van der Waals surface area contributed by atoms with Crippen molar-refractivity contribution in [1.82, 2.24) is 4.98 Å². The summed E-state index contributed by atoms with van der Waals surface area (Å²) in [6.45, 7) is 6.31. The molecule has 1 aliphatic heterocycles. The number of hydrogen-bond acceptors (Lipinski definition) is 6. The van der Waals surface area contributed by atoms with Crippen molar-refractivity contribution in [2.24, 2.45) is 5.92 Å². The lowest BCUT2D eigenvalue weighted by Crippen LogP contribution is -2.61. The van der Waals surface area contributed by atoms with Crippen molar-refractivity contribution in [2.75, 3.05) is 16.8 Å². The first-order valence-electron chi connectivity index (χ1n) is 12.3. The summed E-state index contributed by atoms with van der Waals surface area (Å²) in [6, 6.07) is 27.1. The number of pyridine rings is 1. The minimum absolute atomic E-state index is 0.251. The number of para-hydroxylation sites is 1. The number of rotatable bonds is 7. The van der Waals surface area contributed by atoms with E-state index in [1.54, 1.807) is 6.20 Å². The number of ether oxygens (including phenoxy) is 1. The number of nitrogens with zero attached hydrogens (tertiary/aromatic N) is 2. The molecule has 3 atom stereocenters. The van der Waals surface area contributed by atoms with Crippen LogP contribution in [0, 0.1) is 5.92 Å². The SMILES string of the molecule is CC(=O)OC(c1ccccc1)C1(C(O)c2ccccc2)Nc2cnc3ccccc3c2N1CC(C)C. The molecule has 0 saturated carbocycles. The fourth-order valence-electron chi connectivity index (χ4n) is 5.25. The second kappa shape index (κ2) is 9.63. The molecule has 0 spiro atoms. The van der Waals surface area contributed by atoms with Gasteiger partial charge in [-0.15, -0.1) is 0 Å². The lowest BCUT2D eigenvalue weighted by Gasteiger charge is -2.48. The maximum absolute atomic E-state index is 12.5. The van der Waals surface area contributed by atoms with Crippen LogP contribution in [0.1, 0.15) is 44.1 Å². The predicted molar refractivity (Wildman–Crippen MR) is 143 cm³/mol. The Hall–Kier alpha value is -3.90. The van der Waals surface area contributed by atoms with Crippen LogP contribution < -0.4 is 10.2 Å². The Bertz CT molecular complexity index is 1360. The molecule has 6 heteroatoms. The maximum Gasteiger partial charge on any atom is 0.303 e. The number of aromatic nitrogens is 1. The average Bonchev–Trinajstić information content (AvgIpc) is 3.22. The largest absolute Gasteiger partial charge is 0.453 e. The van der Waals surface area contributed by atoms with Gasteiger partial charge in [0.05, 0.1) is 23.1 Å². The van der Waals surface area contributed by atoms with E-state index >= 15 is 0 Å². The first-order chi connectivity index (χ1) is 17.4. The summed E-state index contributed by atoms with van der Waals surface area (Å²) in [4.78, 5) is 19.4. The van der Waals surface area contributed by atoms with E-state index in [2.05, 4.69) is 29.0 Å². The molecule has 4 aromatic rings. The monoisotopic (exact) mass is 481 g/mol. The van der Waals surface area contributed by atoms with E-state index in [0.717, 1.165) is 33.4 Å². The molecule has 6 nitrogen and oxygen atoms in total. The lowest BCUT2D eigenvalue weighted by atomic mass is 9.85. The Morgan fingerprint density at radius 3 is 2.22 bits per heavy atom. The molecular weight excluding hydrogens is 450 g/mol. The highest BCUT2D eigenvalue weighted by Gasteiger charge is 2.57. The first kappa shape index (κ1) is 23.8. The van der Waals surface area contributed by atoms with Gasteiger partial charge in [-0.1, -0.05) is 92.7 Å². The molecule has 0 aliphatic carbocycles. The Morgan fingerprint density at radius 1 is 0.972 bits per heavy atom. The standard InChI is InChI=1S/C30H31N3O3/c1-20(2)19-33-27-24-16-10-11-17-25(24)31-18-26(27)32-30(33,28(35)22-12-6-4-7-13-22)29(36-21(3)34)23-14-8-5-9-15-23/h4-18,20,28-29,32,35H,19H2,1-3H3. The van der Waals surface area contributed by atoms with Gasteiger partial charge in [0, 0.05) is 18.9 Å². The van der Waals surface area contributed by atoms with Gasteiger partial charge in [-0.05, 0) is 23.1 Å². The lowest BCUT2D eigenvalue weighted by molar-refractivity contribution is -0.153. The number of benzene rings is 3. The van der Waals surface area contributed by atoms with Crippen LogP contribution in [0.2, 0.25) is 0 Å². The fraction of sp³-hybridized carbons (Fsp3) is 0.267. The van der Waals surface area contributed by atoms with Gasteiger partial charge in [0.25, 0.3) is 0 Å². The average molecular weight is 482 g/mol. The molecule has 184 valence electrons. The quantitative estimate of drug-likeness (QED) is 0.322. The van der Waals surface area contributed by atoms with Gasteiger partial charge >= 0.3 is 5.97 Å². The van der Waals surface area contributed by atoms with Crippen LogP contribution in [0.5, 0.6) is 0 Å². The third-order valence-corrected chi connectivity index (χ3v) is 6.66. The summed E-state index contributed by atoms with van der Waals surface area (Å²) in [6.07, 6.45) is -0.0650. The summed E-state index contributed by atoms with van der Waals surface area (Å²) in [7, 11) is 0. The van der Waals surface area contributed by atoms with E-state index in [4.69, 9.17) is 4.74 Å². The molecule has 3 aromatic carbocycles. The summed E-state index contributed by atoms with van der Waals surface area (Å²) in [5.74, 6) is -0.172. The molecule has 5 rings (SSSR count). The third kappa shape index (κ3) is 4.07. The van der Waals surface area contributed by atoms with Gasteiger partial charge in [-0.2, -0.15) is 0 Å². The van der Waals surface area contributed by atoms with Crippen molar-refractivity contribution in [2.45, 2.75) is 38.6 Å². The summed E-state index contributed by atoms with van der Waals surface area (Å²) < 4.78 is 6.10. The summed E-state index contributed by atoms with van der Waals surface area (Å²) in [5.41, 5.74) is 2.87. The zero-order chi connectivity index (χ0) is 25.3. The minimum atomic E-state index is -1.23. The van der Waals surface area contributed by atoms with E-state index in [-0.39, 0.29) is 5.92 Å². The fourth-order valence-corrected chi connectivity index (χ4v) is 5.25. The van der Waals surface area contributed by atoms with Crippen LogP contribution >= 0.6 is 0 Å². The zero-order valence-corrected chi connectivity index (χ0v) is 20.8. The molecule has 0 saturated heterocycles. The molecule has 1 aromatic heterocycles. The minimum Gasteiger partial charge on any atom is -0.453 e. The number of hydrogen-bond donors (Lipinski definition) is 2. The van der Waals surface area contributed by atoms with E-state index in [1.807, 2.05) is 84.9 Å². The van der Waals surface area contributed by atoms with Crippen LogP contribution in [0.15, 0.2) is 91.1 Å². The van der Waals surface area contributed by atoms with Crippen LogP contribution in [0.4, 0.5) is 11.4 Å². The second-order valence-corrected chi connectivity index (χ2v) is 9.71. The van der Waals surface area contributed by atoms with Gasteiger partial charge < -0.3 is 20.1 Å². The third-order valence-electron chi connectivity index (χ3n) is 6.66. The van der Waals surface area contributed by atoms with Crippen LogP contribution in [0.25, 0.3) is 10.9 Å². The van der Waals surface area contributed by atoms with Crippen molar-refractivity contribution in [1.29, 1.82) is 0 Å². The van der Waals surface area contributed by atoms with E-state index in [0.29, 0.717) is 6.54 Å². The molecule has 0 bridgehead atoms. The van der Waals surface area contributed by atoms with Crippen molar-refractivity contribution in [3.63, 3.8) is 0 Å². The molecule has 1 aliphatic rings. The normalized spacial score (nSPS) is 18.5. The molecule has 2 N–H and O–H groups in total. The Morgan fingerprint density at radius 2 is 1.58 bits per heavy atom. The molecule has 0 amide bonds. The summed E-state index contributed by atoms with van der Waals surface area (Å²) >= 11 is 0. The van der Waals surface area contributed by atoms with Gasteiger partial charge in [0.1, 0.15) is 6.10 Å². The predicted octanol–water partition coefficient (Wildman–Crippen LogP) is 5.86. The van der Waals surface area contributed by atoms with Crippen molar-refractivity contribution in [3.05, 3.63) is 102 Å². The molecule has 0 radical (unpaired) electrons. The second-order valence-electron chi connectivity index (χ2n) is 9.71. The number of carbonyl (C=O) groups is 1. The smallest absolute Gasteiger partial charge is 0.303 e. The van der Waals surface area contributed by atoms with Crippen LogP contribution in [-0.4, -0.2) is 28.3 Å². The number of carbonyl (C=O) groups excluding carboxylic acids is 1. The van der Waals surface area contributed by atoms with E-state index < -0.39 is 23.8 Å². The first-order valence-corrected chi connectivity index (χ1v) is 12.3. The molecule has 2 heterocycles. The maximum atomic E-state index is 12.5. The number of nitrogens with one attached hydrogen (secondary N) is 1. The van der Waals surface area contributed by atoms with Crippen LogP contribution in [0.3, 0.4) is 0 Å². The molecule has 3 unspecified atom stereocenters. The van der Waals surface area contributed by atoms with Gasteiger partial charge in [-0.25, -0.2) is 0 Å². The number of aliphatic hydroxyl groups excluding tert-OH is 1. The number of aliphatic hydroxyl groups is 1. The number of esters is 1. The van der Waals surface area contributed by atoms with Gasteiger partial charge in [0.2, 0.25) is 0 Å². The Labute approximate surface area is 211 Å². The Kier molecular flexibility index (Phi) is 6.37. The van der Waals surface area contributed by atoms with E-state index in [9.17, 15) is 9.90 Å². The van der Waals surface area contributed by atoms with Crippen molar-refractivity contribution < 1.29 is 14.6 Å². The van der Waals surface area contributed by atoms with Gasteiger partial charge in [-0.3, -0.25) is 9.78 Å². The number of anilines is 2. The van der Waals surface area contributed by atoms with E-state index in [1.165, 1.54) is 6.92 Å².